The normalized spacial score (nSPS) is 22.1. The fourth-order valence-electron chi connectivity index (χ4n) is 3.42. The molecule has 0 saturated carbocycles. The lowest BCUT2D eigenvalue weighted by Gasteiger charge is -2.29. The van der Waals surface area contributed by atoms with Crippen molar-refractivity contribution in [1.82, 2.24) is 15.5 Å². The van der Waals surface area contributed by atoms with Crippen LogP contribution < -0.4 is 15.4 Å². The Kier molecular flexibility index (Phi) is 5.93. The maximum Gasteiger partial charge on any atom is 0.315 e. The van der Waals surface area contributed by atoms with Crippen LogP contribution in [0.4, 0.5) is 4.79 Å². The van der Waals surface area contributed by atoms with E-state index in [1.165, 1.54) is 19.3 Å². The minimum absolute atomic E-state index is 0.0470. The van der Waals surface area contributed by atoms with E-state index in [1.54, 1.807) is 0 Å². The highest BCUT2D eigenvalue weighted by molar-refractivity contribution is 5.74. The van der Waals surface area contributed by atoms with Gasteiger partial charge >= 0.3 is 6.03 Å². The molecule has 2 atom stereocenters. The number of aliphatic hydroxyl groups is 1. The second-order valence-corrected chi connectivity index (χ2v) is 6.60. The third-order valence-corrected chi connectivity index (χ3v) is 4.68. The number of piperidine rings is 1. The zero-order chi connectivity index (χ0) is 16.8. The van der Waals surface area contributed by atoms with Crippen molar-refractivity contribution < 1.29 is 14.6 Å². The van der Waals surface area contributed by atoms with Crippen LogP contribution in [0.25, 0.3) is 0 Å². The van der Waals surface area contributed by atoms with Crippen LogP contribution in [-0.2, 0) is 0 Å². The molecule has 0 aliphatic carbocycles. The third-order valence-electron chi connectivity index (χ3n) is 4.68. The first-order chi connectivity index (χ1) is 11.7. The fourth-order valence-corrected chi connectivity index (χ4v) is 3.42. The number of benzene rings is 1. The maximum absolute atomic E-state index is 12.1. The molecule has 2 amide bonds. The summed E-state index contributed by atoms with van der Waals surface area (Å²) in [5.74, 6) is 0.833. The maximum atomic E-state index is 12.1. The van der Waals surface area contributed by atoms with E-state index in [2.05, 4.69) is 15.5 Å². The molecule has 3 N–H and O–H groups in total. The van der Waals surface area contributed by atoms with Gasteiger partial charge in [-0.25, -0.2) is 4.79 Å². The number of nitrogens with one attached hydrogen (secondary N) is 2. The van der Waals surface area contributed by atoms with Crippen LogP contribution in [0.3, 0.4) is 0 Å². The standard InChI is InChI=1S/C18H27N3O3/c22-14(13-21-9-4-1-5-10-21)12-19-18(23)20-16-8-11-24-17-7-3-2-6-15(16)17/h2-3,6-7,14,16,22H,1,4-5,8-13H2,(H2,19,20,23)/t14-,16+/m1/s1. The van der Waals surface area contributed by atoms with Gasteiger partial charge in [0.25, 0.3) is 0 Å². The highest BCUT2D eigenvalue weighted by Crippen LogP contribution is 2.31. The van der Waals surface area contributed by atoms with E-state index < -0.39 is 6.10 Å². The Labute approximate surface area is 143 Å². The molecule has 0 aromatic heterocycles. The molecule has 2 aliphatic heterocycles. The lowest BCUT2D eigenvalue weighted by Crippen LogP contribution is -2.45. The average Bonchev–Trinajstić information content (AvgIpc) is 2.61. The number of carbonyl (C=O) groups excluding carboxylic acids is 1. The van der Waals surface area contributed by atoms with Crippen LogP contribution >= 0.6 is 0 Å². The average molecular weight is 333 g/mol. The van der Waals surface area contributed by atoms with E-state index >= 15 is 0 Å². The van der Waals surface area contributed by atoms with E-state index in [4.69, 9.17) is 4.74 Å². The molecule has 24 heavy (non-hydrogen) atoms. The van der Waals surface area contributed by atoms with Gasteiger partial charge in [0.2, 0.25) is 0 Å². The second-order valence-electron chi connectivity index (χ2n) is 6.60. The number of para-hydroxylation sites is 1. The Balaban J connectivity index is 1.43. The molecule has 0 spiro atoms. The SMILES string of the molecule is O=C(NC[C@@H](O)CN1CCCCC1)N[C@H]1CCOc2ccccc21. The van der Waals surface area contributed by atoms with Crippen molar-refractivity contribution >= 4 is 6.03 Å². The predicted molar refractivity (Wildman–Crippen MR) is 92.1 cm³/mol. The molecular formula is C18H27N3O3. The van der Waals surface area contributed by atoms with Crippen molar-refractivity contribution in [2.45, 2.75) is 37.8 Å². The van der Waals surface area contributed by atoms with Gasteiger partial charge in [0.1, 0.15) is 5.75 Å². The minimum atomic E-state index is -0.532. The van der Waals surface area contributed by atoms with Gasteiger partial charge in [-0.15, -0.1) is 0 Å². The highest BCUT2D eigenvalue weighted by atomic mass is 16.5. The van der Waals surface area contributed by atoms with Crippen LogP contribution in [0.2, 0.25) is 0 Å². The van der Waals surface area contributed by atoms with Crippen LogP contribution in [0.5, 0.6) is 5.75 Å². The Morgan fingerprint density at radius 2 is 2.08 bits per heavy atom. The van der Waals surface area contributed by atoms with Crippen LogP contribution in [0.15, 0.2) is 24.3 Å². The second kappa shape index (κ2) is 8.35. The number of ether oxygens (including phenoxy) is 1. The topological polar surface area (TPSA) is 73.8 Å². The van der Waals surface area contributed by atoms with Crippen molar-refractivity contribution in [3.05, 3.63) is 29.8 Å². The number of amides is 2. The molecule has 2 aliphatic rings. The first-order valence-corrected chi connectivity index (χ1v) is 8.89. The van der Waals surface area contributed by atoms with Crippen molar-refractivity contribution in [2.75, 3.05) is 32.8 Å². The monoisotopic (exact) mass is 333 g/mol. The minimum Gasteiger partial charge on any atom is -0.493 e. The first-order valence-electron chi connectivity index (χ1n) is 8.89. The Hall–Kier alpha value is -1.79. The summed E-state index contributed by atoms with van der Waals surface area (Å²) in [5.41, 5.74) is 1.01. The van der Waals surface area contributed by atoms with E-state index in [9.17, 15) is 9.90 Å². The number of rotatable bonds is 5. The Morgan fingerprint density at radius 3 is 2.92 bits per heavy atom. The van der Waals surface area contributed by atoms with Crippen molar-refractivity contribution in [3.63, 3.8) is 0 Å². The summed E-state index contributed by atoms with van der Waals surface area (Å²) < 4.78 is 5.60. The number of aliphatic hydroxyl groups excluding tert-OH is 1. The van der Waals surface area contributed by atoms with Crippen molar-refractivity contribution in [2.24, 2.45) is 0 Å². The molecule has 3 rings (SSSR count). The van der Waals surface area contributed by atoms with Gasteiger partial charge in [-0.3, -0.25) is 0 Å². The number of β-amino-alcohol motifs (C(OH)–C–C–N with tert-alkyl or cyclic N) is 1. The third kappa shape index (κ3) is 4.61. The van der Waals surface area contributed by atoms with Gasteiger partial charge in [-0.05, 0) is 32.0 Å². The van der Waals surface area contributed by atoms with E-state index in [-0.39, 0.29) is 18.6 Å². The molecule has 6 nitrogen and oxygen atoms in total. The lowest BCUT2D eigenvalue weighted by atomic mass is 10.0. The van der Waals surface area contributed by atoms with Gasteiger partial charge in [-0.1, -0.05) is 24.6 Å². The number of carbonyl (C=O) groups is 1. The van der Waals surface area contributed by atoms with Crippen molar-refractivity contribution in [3.8, 4) is 5.75 Å². The molecule has 0 unspecified atom stereocenters. The summed E-state index contributed by atoms with van der Waals surface area (Å²) >= 11 is 0. The molecule has 132 valence electrons. The number of fused-ring (bicyclic) bond motifs is 1. The van der Waals surface area contributed by atoms with Gasteiger partial charge in [0.15, 0.2) is 0 Å². The lowest BCUT2D eigenvalue weighted by molar-refractivity contribution is 0.101. The van der Waals surface area contributed by atoms with Gasteiger partial charge in [0, 0.05) is 25.1 Å². The van der Waals surface area contributed by atoms with Crippen molar-refractivity contribution in [1.29, 1.82) is 0 Å². The molecule has 1 aromatic carbocycles. The molecule has 0 bridgehead atoms. The summed E-state index contributed by atoms with van der Waals surface area (Å²) in [4.78, 5) is 14.4. The Bertz CT molecular complexity index is 546. The van der Waals surface area contributed by atoms with Crippen LogP contribution in [0, 0.1) is 0 Å². The highest BCUT2D eigenvalue weighted by Gasteiger charge is 2.23. The zero-order valence-corrected chi connectivity index (χ0v) is 14.0. The summed E-state index contributed by atoms with van der Waals surface area (Å²) in [6.07, 6.45) is 3.89. The summed E-state index contributed by atoms with van der Waals surface area (Å²) in [7, 11) is 0. The molecule has 1 fully saturated rings. The molecular weight excluding hydrogens is 306 g/mol. The summed E-state index contributed by atoms with van der Waals surface area (Å²) in [6.45, 7) is 3.58. The zero-order valence-electron chi connectivity index (χ0n) is 14.0. The van der Waals surface area contributed by atoms with Gasteiger partial charge < -0.3 is 25.4 Å². The van der Waals surface area contributed by atoms with Crippen LogP contribution in [-0.4, -0.2) is 54.9 Å². The molecule has 2 heterocycles. The number of hydrogen-bond donors (Lipinski definition) is 3. The molecule has 1 saturated heterocycles. The first kappa shape index (κ1) is 17.0. The smallest absolute Gasteiger partial charge is 0.315 e. The number of hydrogen-bond acceptors (Lipinski definition) is 4. The fraction of sp³-hybridized carbons (Fsp3) is 0.611. The number of urea groups is 1. The number of likely N-dealkylation sites (tertiary alicyclic amines) is 1. The number of nitrogens with zero attached hydrogens (tertiary/aromatic N) is 1. The van der Waals surface area contributed by atoms with Gasteiger partial charge in [0.05, 0.1) is 18.8 Å². The molecule has 6 heteroatoms. The molecule has 1 aromatic rings. The summed E-state index contributed by atoms with van der Waals surface area (Å²) in [6, 6.07) is 7.48. The quantitative estimate of drug-likeness (QED) is 0.766. The Morgan fingerprint density at radius 1 is 1.29 bits per heavy atom. The van der Waals surface area contributed by atoms with E-state index in [0.29, 0.717) is 13.2 Å². The largest absolute Gasteiger partial charge is 0.493 e. The van der Waals surface area contributed by atoms with E-state index in [1.807, 2.05) is 24.3 Å². The van der Waals surface area contributed by atoms with E-state index in [0.717, 1.165) is 30.8 Å². The molecule has 0 radical (unpaired) electrons. The van der Waals surface area contributed by atoms with Crippen LogP contribution in [0.1, 0.15) is 37.3 Å². The summed E-state index contributed by atoms with van der Waals surface area (Å²) in [5, 5.41) is 15.9. The van der Waals surface area contributed by atoms with Gasteiger partial charge in [-0.2, -0.15) is 0 Å². The predicted octanol–water partition coefficient (Wildman–Crippen LogP) is 1.66.